The molecule has 1 atom stereocenters. The van der Waals surface area contributed by atoms with Gasteiger partial charge >= 0.3 is 6.18 Å². The molecule has 1 saturated heterocycles. The van der Waals surface area contributed by atoms with Gasteiger partial charge in [-0.1, -0.05) is 0 Å². The van der Waals surface area contributed by atoms with E-state index in [0.717, 1.165) is 31.2 Å². The number of nitrogens with zero attached hydrogens (tertiary/aromatic N) is 2. The van der Waals surface area contributed by atoms with Gasteiger partial charge in [0.15, 0.2) is 0 Å². The van der Waals surface area contributed by atoms with E-state index in [0.29, 0.717) is 13.0 Å². The monoisotopic (exact) mass is 288 g/mol. The highest BCUT2D eigenvalue weighted by atomic mass is 19.4. The minimum absolute atomic E-state index is 0.110. The van der Waals surface area contributed by atoms with E-state index in [4.69, 9.17) is 0 Å². The zero-order valence-corrected chi connectivity index (χ0v) is 10.7. The lowest BCUT2D eigenvalue weighted by molar-refractivity contribution is -0.141. The fourth-order valence-corrected chi connectivity index (χ4v) is 2.31. The van der Waals surface area contributed by atoms with E-state index in [-0.39, 0.29) is 24.1 Å². The Morgan fingerprint density at radius 1 is 1.40 bits per heavy atom. The number of hydrogen-bond acceptors (Lipinski definition) is 3. The van der Waals surface area contributed by atoms with Gasteiger partial charge in [0, 0.05) is 12.7 Å². The second-order valence-electron chi connectivity index (χ2n) is 4.76. The molecule has 110 valence electrons. The molecular formula is C13H15F3N2O2. The van der Waals surface area contributed by atoms with E-state index in [2.05, 4.69) is 4.98 Å². The summed E-state index contributed by atoms with van der Waals surface area (Å²) in [6, 6.07) is 1.66. The predicted molar refractivity (Wildman–Crippen MR) is 65.0 cm³/mol. The third-order valence-corrected chi connectivity index (χ3v) is 3.40. The Balaban J connectivity index is 2.16. The first-order chi connectivity index (χ1) is 9.43. The van der Waals surface area contributed by atoms with Crippen LogP contribution in [0.1, 0.15) is 35.3 Å². The average Bonchev–Trinajstić information content (AvgIpc) is 2.45. The number of aliphatic hydroxyl groups excluding tert-OH is 1. The molecule has 7 heteroatoms. The van der Waals surface area contributed by atoms with Crippen LogP contribution < -0.4 is 0 Å². The maximum absolute atomic E-state index is 12.4. The number of carbonyl (C=O) groups is 1. The van der Waals surface area contributed by atoms with E-state index >= 15 is 0 Å². The number of aromatic nitrogens is 1. The number of halogens is 3. The van der Waals surface area contributed by atoms with Gasteiger partial charge in [-0.3, -0.25) is 9.78 Å². The van der Waals surface area contributed by atoms with Crippen LogP contribution in [0.5, 0.6) is 0 Å². The molecule has 4 nitrogen and oxygen atoms in total. The van der Waals surface area contributed by atoms with Gasteiger partial charge in [0.1, 0.15) is 5.69 Å². The molecule has 2 heterocycles. The fraction of sp³-hybridized carbons (Fsp3) is 0.538. The molecule has 1 aromatic rings. The molecule has 1 N–H and O–H groups in total. The fourth-order valence-electron chi connectivity index (χ4n) is 2.31. The maximum atomic E-state index is 12.4. The van der Waals surface area contributed by atoms with Crippen molar-refractivity contribution in [2.45, 2.75) is 31.5 Å². The van der Waals surface area contributed by atoms with Gasteiger partial charge in [-0.2, -0.15) is 13.2 Å². The van der Waals surface area contributed by atoms with Crippen LogP contribution in [0.4, 0.5) is 13.2 Å². The summed E-state index contributed by atoms with van der Waals surface area (Å²) in [4.78, 5) is 17.0. The Labute approximate surface area is 114 Å². The van der Waals surface area contributed by atoms with Crippen LogP contribution in [0.3, 0.4) is 0 Å². The smallest absolute Gasteiger partial charge is 0.394 e. The van der Waals surface area contributed by atoms with Crippen LogP contribution in [-0.2, 0) is 6.18 Å². The van der Waals surface area contributed by atoms with Crippen LogP contribution in [0, 0.1) is 0 Å². The molecule has 1 fully saturated rings. The van der Waals surface area contributed by atoms with Crippen molar-refractivity contribution in [3.63, 3.8) is 0 Å². The SMILES string of the molecule is O=C(c1ccc(C(F)(F)F)nc1)N1CCCCC1CO. The summed E-state index contributed by atoms with van der Waals surface area (Å²) >= 11 is 0. The molecule has 0 radical (unpaired) electrons. The molecule has 0 spiro atoms. The van der Waals surface area contributed by atoms with Crippen molar-refractivity contribution in [1.29, 1.82) is 0 Å². The lowest BCUT2D eigenvalue weighted by Gasteiger charge is -2.34. The summed E-state index contributed by atoms with van der Waals surface area (Å²) < 4.78 is 37.2. The van der Waals surface area contributed by atoms with Gasteiger partial charge in [-0.15, -0.1) is 0 Å². The minimum Gasteiger partial charge on any atom is -0.394 e. The molecular weight excluding hydrogens is 273 g/mol. The second-order valence-corrected chi connectivity index (χ2v) is 4.76. The molecule has 0 aliphatic carbocycles. The number of alkyl halides is 3. The van der Waals surface area contributed by atoms with Gasteiger partial charge in [0.25, 0.3) is 5.91 Å². The van der Waals surface area contributed by atoms with Crippen LogP contribution in [0.2, 0.25) is 0 Å². The van der Waals surface area contributed by atoms with E-state index in [9.17, 15) is 23.1 Å². The third kappa shape index (κ3) is 3.09. The molecule has 1 aliphatic rings. The van der Waals surface area contributed by atoms with Crippen LogP contribution in [0.15, 0.2) is 18.3 Å². The number of amides is 1. The number of likely N-dealkylation sites (tertiary alicyclic amines) is 1. The van der Waals surface area contributed by atoms with Crippen molar-refractivity contribution in [3.05, 3.63) is 29.6 Å². The quantitative estimate of drug-likeness (QED) is 0.906. The first-order valence-electron chi connectivity index (χ1n) is 6.38. The van der Waals surface area contributed by atoms with Crippen molar-refractivity contribution in [3.8, 4) is 0 Å². The molecule has 20 heavy (non-hydrogen) atoms. The summed E-state index contributed by atoms with van der Waals surface area (Å²) in [6.45, 7) is 0.366. The minimum atomic E-state index is -4.51. The normalized spacial score (nSPS) is 20.0. The molecule has 1 aliphatic heterocycles. The number of piperidine rings is 1. The Morgan fingerprint density at radius 3 is 2.70 bits per heavy atom. The average molecular weight is 288 g/mol. The Morgan fingerprint density at radius 2 is 2.15 bits per heavy atom. The molecule has 1 unspecified atom stereocenters. The lowest BCUT2D eigenvalue weighted by atomic mass is 10.0. The van der Waals surface area contributed by atoms with Crippen molar-refractivity contribution < 1.29 is 23.1 Å². The Bertz CT molecular complexity index is 473. The first-order valence-corrected chi connectivity index (χ1v) is 6.38. The summed E-state index contributed by atoms with van der Waals surface area (Å²) in [5, 5.41) is 9.25. The van der Waals surface area contributed by atoms with Gasteiger partial charge in [-0.25, -0.2) is 0 Å². The van der Waals surface area contributed by atoms with Crippen LogP contribution in [-0.4, -0.2) is 40.1 Å². The second kappa shape index (κ2) is 5.78. The van der Waals surface area contributed by atoms with E-state index < -0.39 is 11.9 Å². The highest BCUT2D eigenvalue weighted by Gasteiger charge is 2.33. The number of rotatable bonds is 2. The summed E-state index contributed by atoms with van der Waals surface area (Å²) in [5.41, 5.74) is -0.912. The van der Waals surface area contributed by atoms with Gasteiger partial charge < -0.3 is 10.0 Å². The summed E-state index contributed by atoms with van der Waals surface area (Å²) in [6.07, 6.45) is -1.11. The molecule has 0 aromatic carbocycles. The summed E-state index contributed by atoms with van der Waals surface area (Å²) in [5.74, 6) is -0.384. The van der Waals surface area contributed by atoms with Crippen LogP contribution in [0.25, 0.3) is 0 Å². The summed E-state index contributed by atoms with van der Waals surface area (Å²) in [7, 11) is 0. The lowest BCUT2D eigenvalue weighted by Crippen LogP contribution is -2.45. The van der Waals surface area contributed by atoms with Crippen LogP contribution >= 0.6 is 0 Å². The molecule has 1 amide bonds. The van der Waals surface area contributed by atoms with E-state index in [1.807, 2.05) is 0 Å². The number of hydrogen-bond donors (Lipinski definition) is 1. The zero-order chi connectivity index (χ0) is 14.8. The molecule has 2 rings (SSSR count). The maximum Gasteiger partial charge on any atom is 0.433 e. The number of carbonyl (C=O) groups excluding carboxylic acids is 1. The van der Waals surface area contributed by atoms with Crippen molar-refractivity contribution in [2.75, 3.05) is 13.2 Å². The predicted octanol–water partition coefficient (Wildman–Crippen LogP) is 2.09. The molecule has 0 saturated carbocycles. The van der Waals surface area contributed by atoms with Gasteiger partial charge in [-0.05, 0) is 31.4 Å². The first kappa shape index (κ1) is 14.8. The molecule has 0 bridgehead atoms. The van der Waals surface area contributed by atoms with Gasteiger partial charge in [0.2, 0.25) is 0 Å². The largest absolute Gasteiger partial charge is 0.433 e. The van der Waals surface area contributed by atoms with Gasteiger partial charge in [0.05, 0.1) is 18.2 Å². The number of pyridine rings is 1. The van der Waals surface area contributed by atoms with Crippen molar-refractivity contribution >= 4 is 5.91 Å². The highest BCUT2D eigenvalue weighted by molar-refractivity contribution is 5.94. The number of aliphatic hydroxyl groups is 1. The van der Waals surface area contributed by atoms with E-state index in [1.165, 1.54) is 4.90 Å². The Kier molecular flexibility index (Phi) is 4.27. The highest BCUT2D eigenvalue weighted by Crippen LogP contribution is 2.27. The topological polar surface area (TPSA) is 53.4 Å². The third-order valence-electron chi connectivity index (χ3n) is 3.40. The van der Waals surface area contributed by atoms with Crippen molar-refractivity contribution in [1.82, 2.24) is 9.88 Å². The Hall–Kier alpha value is -1.63. The standard InChI is InChI=1S/C13H15F3N2O2/c14-13(15,16)11-5-4-9(7-17-11)12(20)18-6-2-1-3-10(18)8-19/h4-5,7,10,19H,1-3,6,8H2. The zero-order valence-electron chi connectivity index (χ0n) is 10.7. The molecule has 1 aromatic heterocycles. The van der Waals surface area contributed by atoms with Crippen molar-refractivity contribution in [2.24, 2.45) is 0 Å². The van der Waals surface area contributed by atoms with E-state index in [1.54, 1.807) is 0 Å².